The van der Waals surface area contributed by atoms with E-state index >= 15 is 0 Å². The highest BCUT2D eigenvalue weighted by atomic mass is 16.1. The number of nitrogens with zero attached hydrogens (tertiary/aromatic N) is 3. The molecule has 0 saturated carbocycles. The number of aromatic nitrogens is 2. The molecule has 2 atom stereocenters. The van der Waals surface area contributed by atoms with Crippen LogP contribution in [0.2, 0.25) is 0 Å². The molecule has 0 radical (unpaired) electrons. The molecule has 0 unspecified atom stereocenters. The number of fused-ring (bicyclic) bond motifs is 2. The van der Waals surface area contributed by atoms with Crippen LogP contribution in [0.3, 0.4) is 0 Å². The van der Waals surface area contributed by atoms with Crippen LogP contribution in [-0.4, -0.2) is 40.5 Å². The fourth-order valence-corrected chi connectivity index (χ4v) is 3.76. The Morgan fingerprint density at radius 2 is 2.05 bits per heavy atom. The third-order valence-electron chi connectivity index (χ3n) is 4.78. The zero-order valence-electron chi connectivity index (χ0n) is 12.2. The molecule has 0 spiro atoms. The Bertz CT molecular complexity index is 727. The van der Waals surface area contributed by atoms with Gasteiger partial charge >= 0.3 is 0 Å². The first-order valence-electron chi connectivity index (χ1n) is 7.62. The second kappa shape index (κ2) is 4.93. The molecule has 5 nitrogen and oxygen atoms in total. The molecule has 4 rings (SSSR count). The second-order valence-corrected chi connectivity index (χ2v) is 6.32. The summed E-state index contributed by atoms with van der Waals surface area (Å²) in [6, 6.07) is 7.48. The van der Waals surface area contributed by atoms with Crippen LogP contribution in [0.15, 0.2) is 29.1 Å². The van der Waals surface area contributed by atoms with Crippen LogP contribution in [0.1, 0.15) is 11.4 Å². The van der Waals surface area contributed by atoms with Crippen LogP contribution in [0, 0.1) is 18.8 Å². The third-order valence-corrected chi connectivity index (χ3v) is 4.78. The maximum Gasteiger partial charge on any atom is 0.258 e. The van der Waals surface area contributed by atoms with Gasteiger partial charge in [0, 0.05) is 31.4 Å². The SMILES string of the molecule is Cc1cccc2nc(CN3C[C@H]4CNC[C@H]4C3)cc(=O)n12. The van der Waals surface area contributed by atoms with Crippen LogP contribution in [0.25, 0.3) is 5.65 Å². The van der Waals surface area contributed by atoms with Crippen molar-refractivity contribution in [2.75, 3.05) is 26.2 Å². The van der Waals surface area contributed by atoms with E-state index in [4.69, 9.17) is 0 Å². The van der Waals surface area contributed by atoms with Gasteiger partial charge in [-0.15, -0.1) is 0 Å². The molecule has 5 heteroatoms. The van der Waals surface area contributed by atoms with E-state index in [1.54, 1.807) is 10.5 Å². The summed E-state index contributed by atoms with van der Waals surface area (Å²) in [6.07, 6.45) is 0. The van der Waals surface area contributed by atoms with Gasteiger partial charge in [-0.25, -0.2) is 4.98 Å². The van der Waals surface area contributed by atoms with Crippen molar-refractivity contribution in [3.63, 3.8) is 0 Å². The highest BCUT2D eigenvalue weighted by Gasteiger charge is 2.35. The Morgan fingerprint density at radius 3 is 2.81 bits per heavy atom. The molecule has 110 valence electrons. The highest BCUT2D eigenvalue weighted by Crippen LogP contribution is 2.27. The molecule has 0 amide bonds. The first-order valence-corrected chi connectivity index (χ1v) is 7.62. The molecule has 0 bridgehead atoms. The molecule has 2 aliphatic heterocycles. The topological polar surface area (TPSA) is 49.6 Å². The van der Waals surface area contributed by atoms with Gasteiger partial charge in [-0.1, -0.05) is 6.07 Å². The van der Waals surface area contributed by atoms with Gasteiger partial charge in [0.25, 0.3) is 5.56 Å². The molecule has 21 heavy (non-hydrogen) atoms. The summed E-state index contributed by atoms with van der Waals surface area (Å²) < 4.78 is 1.67. The molecule has 0 aliphatic carbocycles. The normalized spacial score (nSPS) is 25.6. The van der Waals surface area contributed by atoms with Crippen molar-refractivity contribution < 1.29 is 0 Å². The van der Waals surface area contributed by atoms with E-state index < -0.39 is 0 Å². The summed E-state index contributed by atoms with van der Waals surface area (Å²) >= 11 is 0. The lowest BCUT2D eigenvalue weighted by atomic mass is 10.0. The number of rotatable bonds is 2. The number of hydrogen-bond acceptors (Lipinski definition) is 4. The number of pyridine rings is 1. The van der Waals surface area contributed by atoms with Gasteiger partial charge in [-0.2, -0.15) is 0 Å². The summed E-state index contributed by atoms with van der Waals surface area (Å²) in [4.78, 5) is 19.4. The van der Waals surface area contributed by atoms with Crippen molar-refractivity contribution in [3.05, 3.63) is 46.0 Å². The van der Waals surface area contributed by atoms with Gasteiger partial charge < -0.3 is 5.32 Å². The predicted molar refractivity (Wildman–Crippen MR) is 81.3 cm³/mol. The van der Waals surface area contributed by atoms with Crippen LogP contribution in [0.4, 0.5) is 0 Å². The molecule has 2 fully saturated rings. The zero-order chi connectivity index (χ0) is 14.4. The lowest BCUT2D eigenvalue weighted by Crippen LogP contribution is -2.27. The molecule has 2 aromatic heterocycles. The van der Waals surface area contributed by atoms with Crippen molar-refractivity contribution >= 4 is 5.65 Å². The van der Waals surface area contributed by atoms with Crippen LogP contribution >= 0.6 is 0 Å². The summed E-state index contributed by atoms with van der Waals surface area (Å²) in [6.45, 7) is 7.22. The molecule has 2 aromatic rings. The van der Waals surface area contributed by atoms with E-state index in [0.717, 1.165) is 61.6 Å². The predicted octanol–water partition coefficient (Wildman–Crippen LogP) is 0.654. The average molecular weight is 284 g/mol. The second-order valence-electron chi connectivity index (χ2n) is 6.32. The van der Waals surface area contributed by atoms with Crippen molar-refractivity contribution in [1.82, 2.24) is 19.6 Å². The zero-order valence-corrected chi connectivity index (χ0v) is 12.2. The standard InChI is InChI=1S/C16H20N4O/c1-11-3-2-4-15-18-14(5-16(21)20(11)15)10-19-8-12-6-17-7-13(12)9-19/h2-5,12-13,17H,6-10H2,1H3/t12-,13+. The molecule has 1 N–H and O–H groups in total. The fraction of sp³-hybridized carbons (Fsp3) is 0.500. The largest absolute Gasteiger partial charge is 0.316 e. The molecule has 4 heterocycles. The minimum absolute atomic E-state index is 0.0224. The van der Waals surface area contributed by atoms with Crippen molar-refractivity contribution in [1.29, 1.82) is 0 Å². The lowest BCUT2D eigenvalue weighted by Gasteiger charge is -2.16. The number of nitrogens with one attached hydrogen (secondary N) is 1. The van der Waals surface area contributed by atoms with E-state index in [1.807, 2.05) is 25.1 Å². The van der Waals surface area contributed by atoms with Crippen molar-refractivity contribution in [3.8, 4) is 0 Å². The summed E-state index contributed by atoms with van der Waals surface area (Å²) in [7, 11) is 0. The van der Waals surface area contributed by atoms with E-state index in [1.165, 1.54) is 0 Å². The van der Waals surface area contributed by atoms with Gasteiger partial charge in [0.05, 0.1) is 5.69 Å². The van der Waals surface area contributed by atoms with Crippen LogP contribution < -0.4 is 10.9 Å². The highest BCUT2D eigenvalue weighted by molar-refractivity contribution is 5.40. The maximum atomic E-state index is 12.3. The molecule has 2 saturated heterocycles. The Hall–Kier alpha value is -1.72. The van der Waals surface area contributed by atoms with Crippen molar-refractivity contribution in [2.24, 2.45) is 11.8 Å². The van der Waals surface area contributed by atoms with Gasteiger partial charge in [0.1, 0.15) is 5.65 Å². The van der Waals surface area contributed by atoms with Gasteiger partial charge in [0.15, 0.2) is 0 Å². The van der Waals surface area contributed by atoms with Gasteiger partial charge in [-0.3, -0.25) is 14.1 Å². The summed E-state index contributed by atoms with van der Waals surface area (Å²) in [5, 5.41) is 3.45. The molecule has 2 aliphatic rings. The average Bonchev–Trinajstić information content (AvgIpc) is 2.99. The van der Waals surface area contributed by atoms with Crippen LogP contribution in [-0.2, 0) is 6.54 Å². The first-order chi connectivity index (χ1) is 10.2. The monoisotopic (exact) mass is 284 g/mol. The van der Waals surface area contributed by atoms with E-state index in [9.17, 15) is 4.79 Å². The Kier molecular flexibility index (Phi) is 3.05. The maximum absolute atomic E-state index is 12.3. The Balaban J connectivity index is 1.61. The van der Waals surface area contributed by atoms with Crippen molar-refractivity contribution in [2.45, 2.75) is 13.5 Å². The quantitative estimate of drug-likeness (QED) is 0.880. The number of likely N-dealkylation sites (tertiary alicyclic amines) is 1. The Morgan fingerprint density at radius 1 is 1.29 bits per heavy atom. The lowest BCUT2D eigenvalue weighted by molar-refractivity contribution is 0.302. The first kappa shape index (κ1) is 13.0. The van der Waals surface area contributed by atoms with Gasteiger partial charge in [-0.05, 0) is 44.0 Å². The van der Waals surface area contributed by atoms with E-state index in [-0.39, 0.29) is 5.56 Å². The fourth-order valence-electron chi connectivity index (χ4n) is 3.76. The van der Waals surface area contributed by atoms with E-state index in [0.29, 0.717) is 0 Å². The number of aryl methyl sites for hydroxylation is 1. The Labute approximate surface area is 123 Å². The number of hydrogen-bond donors (Lipinski definition) is 1. The van der Waals surface area contributed by atoms with E-state index in [2.05, 4.69) is 15.2 Å². The molecular formula is C16H20N4O. The van der Waals surface area contributed by atoms with Crippen LogP contribution in [0.5, 0.6) is 0 Å². The summed E-state index contributed by atoms with van der Waals surface area (Å²) in [5.41, 5.74) is 2.59. The third kappa shape index (κ3) is 2.26. The van der Waals surface area contributed by atoms with Gasteiger partial charge in [0.2, 0.25) is 0 Å². The summed E-state index contributed by atoms with van der Waals surface area (Å²) in [5.74, 6) is 1.54. The minimum Gasteiger partial charge on any atom is -0.316 e. The smallest absolute Gasteiger partial charge is 0.258 e. The molecule has 0 aromatic carbocycles. The minimum atomic E-state index is 0.0224. The molecular weight excluding hydrogens is 264 g/mol.